The summed E-state index contributed by atoms with van der Waals surface area (Å²) in [5.41, 5.74) is 0. The van der Waals surface area contributed by atoms with E-state index < -0.39 is 5.79 Å². The minimum Gasteiger partial charge on any atom is -0.385 e. The molecule has 1 unspecified atom stereocenters. The third kappa shape index (κ3) is 12.2. The van der Waals surface area contributed by atoms with Gasteiger partial charge in [0.05, 0.1) is 13.2 Å². The van der Waals surface area contributed by atoms with Crippen LogP contribution in [0.5, 0.6) is 0 Å². The molecule has 0 aliphatic carbocycles. The van der Waals surface area contributed by atoms with Crippen LogP contribution in [-0.4, -0.2) is 46.4 Å². The first kappa shape index (κ1) is 23.8. The van der Waals surface area contributed by atoms with Crippen molar-refractivity contribution in [1.29, 1.82) is 0 Å². The van der Waals surface area contributed by atoms with Crippen LogP contribution in [0, 0.1) is 5.92 Å². The zero-order valence-corrected chi connectivity index (χ0v) is 16.9. The maximum atomic E-state index is 6.13. The van der Waals surface area contributed by atoms with Gasteiger partial charge in [0.25, 0.3) is 0 Å². The van der Waals surface area contributed by atoms with Crippen LogP contribution in [-0.2, 0) is 18.9 Å². The van der Waals surface area contributed by atoms with Gasteiger partial charge >= 0.3 is 0 Å². The highest BCUT2D eigenvalue weighted by molar-refractivity contribution is 4.72. The van der Waals surface area contributed by atoms with Gasteiger partial charge < -0.3 is 18.9 Å². The van der Waals surface area contributed by atoms with Crippen molar-refractivity contribution in [1.82, 2.24) is 0 Å². The molecule has 0 amide bonds. The average Bonchev–Trinajstić information content (AvgIpc) is 2.58. The van der Waals surface area contributed by atoms with Gasteiger partial charge in [-0.25, -0.2) is 0 Å². The van der Waals surface area contributed by atoms with Crippen LogP contribution in [0.2, 0.25) is 0 Å². The first-order valence-corrected chi connectivity index (χ1v) is 9.86. The van der Waals surface area contributed by atoms with Gasteiger partial charge in [0.2, 0.25) is 0 Å². The number of hydrogen-bond acceptors (Lipinski definition) is 4. The monoisotopic (exact) mass is 346 g/mol. The quantitative estimate of drug-likeness (QED) is 0.253. The molecule has 4 nitrogen and oxygen atoms in total. The van der Waals surface area contributed by atoms with E-state index in [4.69, 9.17) is 18.9 Å². The molecule has 0 heterocycles. The molecule has 0 fully saturated rings. The zero-order valence-electron chi connectivity index (χ0n) is 16.9. The lowest BCUT2D eigenvalue weighted by atomic mass is 9.94. The molecule has 0 saturated carbocycles. The molecular formula is C20H42O4. The second-order valence-electron chi connectivity index (χ2n) is 6.86. The molecule has 146 valence electrons. The molecular weight excluding hydrogens is 304 g/mol. The van der Waals surface area contributed by atoms with Crippen molar-refractivity contribution in [3.8, 4) is 0 Å². The molecule has 0 aromatic rings. The maximum absolute atomic E-state index is 6.13. The smallest absolute Gasteiger partial charge is 0.168 e. The highest BCUT2D eigenvalue weighted by Gasteiger charge is 2.32. The summed E-state index contributed by atoms with van der Waals surface area (Å²) >= 11 is 0. The van der Waals surface area contributed by atoms with Crippen LogP contribution >= 0.6 is 0 Å². The fourth-order valence-corrected chi connectivity index (χ4v) is 2.78. The SMILES string of the molecule is CCCCCCCCC(C)C(C)(OCCCOC)OCCCOC. The van der Waals surface area contributed by atoms with E-state index in [9.17, 15) is 0 Å². The third-order valence-corrected chi connectivity index (χ3v) is 4.65. The highest BCUT2D eigenvalue weighted by atomic mass is 16.7. The van der Waals surface area contributed by atoms with E-state index in [2.05, 4.69) is 20.8 Å². The van der Waals surface area contributed by atoms with E-state index in [-0.39, 0.29) is 0 Å². The Morgan fingerprint density at radius 3 is 1.71 bits per heavy atom. The molecule has 0 aromatic heterocycles. The molecule has 1 atom stereocenters. The first-order chi connectivity index (χ1) is 11.6. The summed E-state index contributed by atoms with van der Waals surface area (Å²) in [7, 11) is 3.45. The second kappa shape index (κ2) is 16.3. The van der Waals surface area contributed by atoms with E-state index in [1.54, 1.807) is 14.2 Å². The molecule has 0 N–H and O–H groups in total. The average molecular weight is 347 g/mol. The molecule has 0 aliphatic rings. The normalized spacial score (nSPS) is 13.4. The van der Waals surface area contributed by atoms with Gasteiger partial charge in [-0.1, -0.05) is 52.4 Å². The van der Waals surface area contributed by atoms with Gasteiger partial charge in [0, 0.05) is 33.4 Å². The minimum atomic E-state index is -0.509. The van der Waals surface area contributed by atoms with Crippen molar-refractivity contribution < 1.29 is 18.9 Å². The number of methoxy groups -OCH3 is 2. The van der Waals surface area contributed by atoms with Crippen LogP contribution in [0.25, 0.3) is 0 Å². The summed E-state index contributed by atoms with van der Waals surface area (Å²) in [5, 5.41) is 0. The summed E-state index contributed by atoms with van der Waals surface area (Å²) < 4.78 is 22.5. The lowest BCUT2D eigenvalue weighted by Crippen LogP contribution is -2.40. The Morgan fingerprint density at radius 2 is 1.21 bits per heavy atom. The van der Waals surface area contributed by atoms with Crippen LogP contribution in [0.15, 0.2) is 0 Å². The first-order valence-electron chi connectivity index (χ1n) is 9.86. The Balaban J connectivity index is 4.20. The van der Waals surface area contributed by atoms with Crippen molar-refractivity contribution in [3.05, 3.63) is 0 Å². The van der Waals surface area contributed by atoms with E-state index in [0.29, 0.717) is 19.1 Å². The Kier molecular flexibility index (Phi) is 16.2. The molecule has 4 heteroatoms. The van der Waals surface area contributed by atoms with Crippen LogP contribution in [0.3, 0.4) is 0 Å². The van der Waals surface area contributed by atoms with Crippen molar-refractivity contribution in [2.75, 3.05) is 40.6 Å². The maximum Gasteiger partial charge on any atom is 0.168 e. The molecule has 0 saturated heterocycles. The van der Waals surface area contributed by atoms with Crippen molar-refractivity contribution in [2.24, 2.45) is 5.92 Å². The summed E-state index contributed by atoms with van der Waals surface area (Å²) in [6, 6.07) is 0. The third-order valence-electron chi connectivity index (χ3n) is 4.65. The van der Waals surface area contributed by atoms with Crippen molar-refractivity contribution >= 4 is 0 Å². The van der Waals surface area contributed by atoms with Crippen molar-refractivity contribution in [3.63, 3.8) is 0 Å². The molecule has 24 heavy (non-hydrogen) atoms. The van der Waals surface area contributed by atoms with E-state index in [1.807, 2.05) is 0 Å². The summed E-state index contributed by atoms with van der Waals surface area (Å²) in [4.78, 5) is 0. The Hall–Kier alpha value is -0.160. The number of ether oxygens (including phenoxy) is 4. The summed E-state index contributed by atoms with van der Waals surface area (Å²) in [6.45, 7) is 9.41. The Labute approximate surface area is 150 Å². The molecule has 0 aromatic carbocycles. The lowest BCUT2D eigenvalue weighted by Gasteiger charge is -2.36. The predicted octanol–water partition coefficient (Wildman–Crippen LogP) is 5.20. The Bertz CT molecular complexity index is 246. The summed E-state index contributed by atoms with van der Waals surface area (Å²) in [6.07, 6.45) is 10.9. The number of rotatable bonds is 18. The number of hydrogen-bond donors (Lipinski definition) is 0. The topological polar surface area (TPSA) is 36.9 Å². The van der Waals surface area contributed by atoms with Gasteiger partial charge in [0.1, 0.15) is 0 Å². The Morgan fingerprint density at radius 1 is 0.708 bits per heavy atom. The molecule has 0 spiro atoms. The lowest BCUT2D eigenvalue weighted by molar-refractivity contribution is -0.256. The van der Waals surface area contributed by atoms with Gasteiger partial charge in [0.15, 0.2) is 5.79 Å². The molecule has 0 aliphatic heterocycles. The second-order valence-corrected chi connectivity index (χ2v) is 6.86. The molecule has 0 rings (SSSR count). The van der Waals surface area contributed by atoms with Crippen LogP contribution < -0.4 is 0 Å². The largest absolute Gasteiger partial charge is 0.385 e. The zero-order chi connectivity index (χ0) is 18.1. The molecule has 0 bridgehead atoms. The standard InChI is InChI=1S/C20H42O4/c1-6-7-8-9-10-11-14-19(2)20(3,23-17-12-15-21-4)24-18-13-16-22-5/h19H,6-18H2,1-5H3. The van der Waals surface area contributed by atoms with E-state index in [0.717, 1.165) is 32.5 Å². The van der Waals surface area contributed by atoms with Crippen molar-refractivity contribution in [2.45, 2.75) is 84.3 Å². The fourth-order valence-electron chi connectivity index (χ4n) is 2.78. The summed E-state index contributed by atoms with van der Waals surface area (Å²) in [5.74, 6) is -0.126. The minimum absolute atomic E-state index is 0.383. The van der Waals surface area contributed by atoms with E-state index >= 15 is 0 Å². The van der Waals surface area contributed by atoms with Crippen LogP contribution in [0.4, 0.5) is 0 Å². The predicted molar refractivity (Wildman–Crippen MR) is 100 cm³/mol. The van der Waals surface area contributed by atoms with Crippen LogP contribution in [0.1, 0.15) is 78.6 Å². The molecule has 0 radical (unpaired) electrons. The van der Waals surface area contributed by atoms with Gasteiger partial charge in [-0.15, -0.1) is 0 Å². The van der Waals surface area contributed by atoms with Gasteiger partial charge in [-0.3, -0.25) is 0 Å². The highest BCUT2D eigenvalue weighted by Crippen LogP contribution is 2.28. The van der Waals surface area contributed by atoms with Gasteiger partial charge in [-0.2, -0.15) is 0 Å². The number of unbranched alkanes of at least 4 members (excludes halogenated alkanes) is 5. The van der Waals surface area contributed by atoms with Gasteiger partial charge in [-0.05, 0) is 26.2 Å². The fraction of sp³-hybridized carbons (Fsp3) is 1.00. The van der Waals surface area contributed by atoms with E-state index in [1.165, 1.54) is 38.5 Å².